The summed E-state index contributed by atoms with van der Waals surface area (Å²) < 4.78 is 5.31. The minimum atomic E-state index is -0.0707. The van der Waals surface area contributed by atoms with Gasteiger partial charge in [0.15, 0.2) is 0 Å². The van der Waals surface area contributed by atoms with Gasteiger partial charge in [-0.2, -0.15) is 0 Å². The van der Waals surface area contributed by atoms with Gasteiger partial charge in [-0.1, -0.05) is 0 Å². The monoisotopic (exact) mass is 252 g/mol. The highest BCUT2D eigenvalue weighted by atomic mass is 16.5. The SMILES string of the molecule is CNC1COCC1C(=O)NCCCc1ncc[nH]1. The number of imidazole rings is 1. The Kier molecular flexibility index (Phi) is 4.72. The van der Waals surface area contributed by atoms with Crippen LogP contribution in [0.1, 0.15) is 12.2 Å². The lowest BCUT2D eigenvalue weighted by Gasteiger charge is -2.16. The van der Waals surface area contributed by atoms with Crippen LogP contribution in [0.25, 0.3) is 0 Å². The van der Waals surface area contributed by atoms with E-state index in [4.69, 9.17) is 4.74 Å². The van der Waals surface area contributed by atoms with Gasteiger partial charge in [-0.05, 0) is 13.5 Å². The Hall–Kier alpha value is -1.40. The van der Waals surface area contributed by atoms with Crippen LogP contribution in [0, 0.1) is 5.92 Å². The molecule has 0 aliphatic carbocycles. The molecule has 0 saturated carbocycles. The molecule has 1 aromatic rings. The van der Waals surface area contributed by atoms with Crippen molar-refractivity contribution in [1.82, 2.24) is 20.6 Å². The fourth-order valence-corrected chi connectivity index (χ4v) is 2.13. The van der Waals surface area contributed by atoms with Crippen LogP contribution >= 0.6 is 0 Å². The number of nitrogens with zero attached hydrogens (tertiary/aromatic N) is 1. The maximum absolute atomic E-state index is 11.9. The van der Waals surface area contributed by atoms with Gasteiger partial charge in [-0.25, -0.2) is 4.98 Å². The smallest absolute Gasteiger partial charge is 0.227 e. The number of nitrogens with one attached hydrogen (secondary N) is 3. The van der Waals surface area contributed by atoms with Crippen molar-refractivity contribution in [1.29, 1.82) is 0 Å². The molecule has 1 aliphatic heterocycles. The Bertz CT molecular complexity index is 366. The average Bonchev–Trinajstić information content (AvgIpc) is 3.04. The third-order valence-corrected chi connectivity index (χ3v) is 3.23. The van der Waals surface area contributed by atoms with Gasteiger partial charge >= 0.3 is 0 Å². The van der Waals surface area contributed by atoms with Gasteiger partial charge in [0.25, 0.3) is 0 Å². The summed E-state index contributed by atoms with van der Waals surface area (Å²) in [5.41, 5.74) is 0. The predicted molar refractivity (Wildman–Crippen MR) is 67.1 cm³/mol. The second-order valence-electron chi connectivity index (χ2n) is 4.47. The number of carbonyl (C=O) groups excluding carboxylic acids is 1. The molecular weight excluding hydrogens is 232 g/mol. The first kappa shape index (κ1) is 13.0. The largest absolute Gasteiger partial charge is 0.379 e. The van der Waals surface area contributed by atoms with Crippen LogP contribution < -0.4 is 10.6 Å². The normalized spacial score (nSPS) is 23.2. The second kappa shape index (κ2) is 6.51. The zero-order chi connectivity index (χ0) is 12.8. The van der Waals surface area contributed by atoms with Crippen molar-refractivity contribution in [2.45, 2.75) is 18.9 Å². The van der Waals surface area contributed by atoms with E-state index in [1.165, 1.54) is 0 Å². The van der Waals surface area contributed by atoms with Gasteiger partial charge in [0.2, 0.25) is 5.91 Å². The van der Waals surface area contributed by atoms with Crippen molar-refractivity contribution in [3.05, 3.63) is 18.2 Å². The van der Waals surface area contributed by atoms with E-state index < -0.39 is 0 Å². The minimum Gasteiger partial charge on any atom is -0.379 e. The van der Waals surface area contributed by atoms with Crippen molar-refractivity contribution in [3.63, 3.8) is 0 Å². The van der Waals surface area contributed by atoms with E-state index >= 15 is 0 Å². The van der Waals surface area contributed by atoms with Crippen LogP contribution in [0.5, 0.6) is 0 Å². The van der Waals surface area contributed by atoms with Crippen molar-refractivity contribution < 1.29 is 9.53 Å². The van der Waals surface area contributed by atoms with Crippen LogP contribution in [0.4, 0.5) is 0 Å². The highest BCUT2D eigenvalue weighted by Gasteiger charge is 2.32. The lowest BCUT2D eigenvalue weighted by atomic mass is 10.0. The van der Waals surface area contributed by atoms with E-state index in [1.807, 2.05) is 7.05 Å². The number of aromatic amines is 1. The van der Waals surface area contributed by atoms with Gasteiger partial charge < -0.3 is 20.4 Å². The summed E-state index contributed by atoms with van der Waals surface area (Å²) in [6.07, 6.45) is 5.28. The Morgan fingerprint density at radius 3 is 3.22 bits per heavy atom. The van der Waals surface area contributed by atoms with Gasteiger partial charge in [0.1, 0.15) is 5.82 Å². The van der Waals surface area contributed by atoms with E-state index in [1.54, 1.807) is 12.4 Å². The van der Waals surface area contributed by atoms with E-state index in [0.29, 0.717) is 19.8 Å². The molecule has 1 fully saturated rings. The van der Waals surface area contributed by atoms with Crippen LogP contribution in [-0.4, -0.2) is 48.7 Å². The number of ether oxygens (including phenoxy) is 1. The maximum Gasteiger partial charge on any atom is 0.227 e. The van der Waals surface area contributed by atoms with Crippen LogP contribution in [0.2, 0.25) is 0 Å². The van der Waals surface area contributed by atoms with Gasteiger partial charge in [-0.15, -0.1) is 0 Å². The first-order chi connectivity index (χ1) is 8.81. The second-order valence-corrected chi connectivity index (χ2v) is 4.47. The number of likely N-dealkylation sites (N-methyl/N-ethyl adjacent to an activating group) is 1. The standard InChI is InChI=1S/C12H20N4O2/c1-13-10-8-18-7-9(10)12(17)16-4-2-3-11-14-5-6-15-11/h5-6,9-10,13H,2-4,7-8H2,1H3,(H,14,15)(H,16,17). The molecule has 6 nitrogen and oxygen atoms in total. The number of H-pyrrole nitrogens is 1. The molecule has 1 aliphatic rings. The van der Waals surface area contributed by atoms with Crippen molar-refractivity contribution >= 4 is 5.91 Å². The molecule has 2 atom stereocenters. The number of carbonyl (C=O) groups is 1. The molecule has 1 amide bonds. The number of aromatic nitrogens is 2. The quantitative estimate of drug-likeness (QED) is 0.607. The summed E-state index contributed by atoms with van der Waals surface area (Å²) in [4.78, 5) is 19.1. The fraction of sp³-hybridized carbons (Fsp3) is 0.667. The highest BCUT2D eigenvalue weighted by molar-refractivity contribution is 5.79. The lowest BCUT2D eigenvalue weighted by molar-refractivity contribution is -0.125. The summed E-state index contributed by atoms with van der Waals surface area (Å²) in [5.74, 6) is 0.964. The summed E-state index contributed by atoms with van der Waals surface area (Å²) in [7, 11) is 1.86. The van der Waals surface area contributed by atoms with E-state index in [0.717, 1.165) is 18.7 Å². The summed E-state index contributed by atoms with van der Waals surface area (Å²) in [6.45, 7) is 1.79. The number of amides is 1. The molecule has 0 aromatic carbocycles. The molecule has 1 aromatic heterocycles. The molecular formula is C12H20N4O2. The third kappa shape index (κ3) is 3.30. The number of aryl methyl sites for hydroxylation is 1. The van der Waals surface area contributed by atoms with E-state index in [-0.39, 0.29) is 17.9 Å². The maximum atomic E-state index is 11.9. The molecule has 2 unspecified atom stereocenters. The summed E-state index contributed by atoms with van der Waals surface area (Å²) >= 11 is 0. The zero-order valence-electron chi connectivity index (χ0n) is 10.6. The number of hydrogen-bond donors (Lipinski definition) is 3. The van der Waals surface area contributed by atoms with E-state index in [2.05, 4.69) is 20.6 Å². The molecule has 0 radical (unpaired) electrons. The van der Waals surface area contributed by atoms with Crippen LogP contribution in [0.3, 0.4) is 0 Å². The fourth-order valence-electron chi connectivity index (χ4n) is 2.13. The molecule has 2 rings (SSSR count). The Morgan fingerprint density at radius 2 is 2.50 bits per heavy atom. The predicted octanol–water partition coefficient (Wildman–Crippen LogP) is -0.307. The average molecular weight is 252 g/mol. The van der Waals surface area contributed by atoms with Crippen LogP contribution in [0.15, 0.2) is 12.4 Å². The lowest BCUT2D eigenvalue weighted by Crippen LogP contribution is -2.42. The minimum absolute atomic E-state index is 0.0707. The van der Waals surface area contributed by atoms with Gasteiger partial charge in [0, 0.05) is 31.4 Å². The molecule has 2 heterocycles. The first-order valence-electron chi connectivity index (χ1n) is 6.32. The number of hydrogen-bond acceptors (Lipinski definition) is 4. The van der Waals surface area contributed by atoms with Crippen molar-refractivity contribution in [2.24, 2.45) is 5.92 Å². The Morgan fingerprint density at radius 1 is 1.61 bits per heavy atom. The molecule has 18 heavy (non-hydrogen) atoms. The van der Waals surface area contributed by atoms with Crippen LogP contribution in [-0.2, 0) is 16.0 Å². The number of rotatable bonds is 6. The molecule has 0 spiro atoms. The summed E-state index contributed by atoms with van der Waals surface area (Å²) in [5, 5.41) is 6.06. The first-order valence-corrected chi connectivity index (χ1v) is 6.32. The third-order valence-electron chi connectivity index (χ3n) is 3.23. The van der Waals surface area contributed by atoms with Gasteiger partial charge in [0.05, 0.1) is 19.1 Å². The molecule has 1 saturated heterocycles. The molecule has 3 N–H and O–H groups in total. The molecule has 100 valence electrons. The highest BCUT2D eigenvalue weighted by Crippen LogP contribution is 2.13. The van der Waals surface area contributed by atoms with Gasteiger partial charge in [-0.3, -0.25) is 4.79 Å². The Labute approximate surface area is 107 Å². The van der Waals surface area contributed by atoms with E-state index in [9.17, 15) is 4.79 Å². The zero-order valence-corrected chi connectivity index (χ0v) is 10.6. The Balaban J connectivity index is 1.65. The summed E-state index contributed by atoms with van der Waals surface area (Å²) in [6, 6.07) is 0.134. The topological polar surface area (TPSA) is 79.0 Å². The molecule has 6 heteroatoms. The van der Waals surface area contributed by atoms with Crippen molar-refractivity contribution in [2.75, 3.05) is 26.8 Å². The molecule has 0 bridgehead atoms. The van der Waals surface area contributed by atoms with Crippen molar-refractivity contribution in [3.8, 4) is 0 Å².